The van der Waals surface area contributed by atoms with Crippen molar-refractivity contribution < 1.29 is 13.9 Å². The highest BCUT2D eigenvalue weighted by molar-refractivity contribution is 5.91. The maximum atomic E-state index is 14.1. The molecule has 0 unspecified atom stereocenters. The minimum absolute atomic E-state index is 0.200. The molecule has 34 heavy (non-hydrogen) atoms. The molecule has 0 bridgehead atoms. The number of unbranched alkanes of at least 4 members (excludes halogenated alkanes) is 6. The van der Waals surface area contributed by atoms with Gasteiger partial charge in [-0.1, -0.05) is 77.0 Å². The highest BCUT2D eigenvalue weighted by Crippen LogP contribution is 2.21. The number of rotatable bonds is 13. The number of halogens is 1. The highest BCUT2D eigenvalue weighted by Gasteiger charge is 2.12. The SMILES string of the molecule is CCCCCCCCCc1cnc(-c2ccc(C(=O)Oc3ccc(CCC)c(F)c3)cc2)nc1. The van der Waals surface area contributed by atoms with Crippen LogP contribution in [0.2, 0.25) is 0 Å². The summed E-state index contributed by atoms with van der Waals surface area (Å²) in [5, 5.41) is 0. The van der Waals surface area contributed by atoms with Crippen molar-refractivity contribution in [2.24, 2.45) is 0 Å². The Hall–Kier alpha value is -3.08. The monoisotopic (exact) mass is 462 g/mol. The first-order valence-corrected chi connectivity index (χ1v) is 12.5. The molecule has 0 aliphatic heterocycles. The first-order chi connectivity index (χ1) is 16.6. The Kier molecular flexibility index (Phi) is 10.2. The van der Waals surface area contributed by atoms with Crippen LogP contribution < -0.4 is 4.74 Å². The van der Waals surface area contributed by atoms with Crippen LogP contribution in [0.25, 0.3) is 11.4 Å². The van der Waals surface area contributed by atoms with Gasteiger partial charge in [0.15, 0.2) is 5.82 Å². The molecule has 0 saturated heterocycles. The lowest BCUT2D eigenvalue weighted by atomic mass is 10.1. The standard InChI is InChI=1S/C29H35FN2O2/c1-3-5-6-7-8-9-10-12-22-20-31-28(32-21-22)24-13-15-25(16-14-24)29(33)34-26-18-17-23(11-4-2)27(30)19-26/h13-21H,3-12H2,1-2H3. The number of hydrogen-bond donors (Lipinski definition) is 0. The van der Waals surface area contributed by atoms with E-state index in [4.69, 9.17) is 4.74 Å². The van der Waals surface area contributed by atoms with Crippen molar-refractivity contribution >= 4 is 5.97 Å². The van der Waals surface area contributed by atoms with E-state index in [0.29, 0.717) is 23.4 Å². The van der Waals surface area contributed by atoms with Crippen molar-refractivity contribution in [1.82, 2.24) is 9.97 Å². The van der Waals surface area contributed by atoms with Crippen LogP contribution in [0.4, 0.5) is 4.39 Å². The Balaban J connectivity index is 1.50. The smallest absolute Gasteiger partial charge is 0.343 e. The van der Waals surface area contributed by atoms with Crippen molar-refractivity contribution in [3.63, 3.8) is 0 Å². The molecule has 0 atom stereocenters. The summed E-state index contributed by atoms with van der Waals surface area (Å²) in [6, 6.07) is 11.5. The van der Waals surface area contributed by atoms with Crippen molar-refractivity contribution in [3.8, 4) is 17.1 Å². The van der Waals surface area contributed by atoms with E-state index in [0.717, 1.165) is 30.4 Å². The maximum absolute atomic E-state index is 14.1. The summed E-state index contributed by atoms with van der Waals surface area (Å²) in [7, 11) is 0. The van der Waals surface area contributed by atoms with Crippen LogP contribution in [0.5, 0.6) is 5.75 Å². The quantitative estimate of drug-likeness (QED) is 0.148. The minimum Gasteiger partial charge on any atom is -0.423 e. The molecule has 1 aromatic heterocycles. The number of benzene rings is 2. The zero-order valence-corrected chi connectivity index (χ0v) is 20.4. The van der Waals surface area contributed by atoms with E-state index < -0.39 is 5.97 Å². The largest absolute Gasteiger partial charge is 0.423 e. The van der Waals surface area contributed by atoms with Crippen LogP contribution in [0.15, 0.2) is 54.9 Å². The van der Waals surface area contributed by atoms with Gasteiger partial charge in [0.2, 0.25) is 0 Å². The minimum atomic E-state index is -0.528. The number of nitrogens with zero attached hydrogens (tertiary/aromatic N) is 2. The first-order valence-electron chi connectivity index (χ1n) is 12.5. The van der Waals surface area contributed by atoms with Crippen LogP contribution in [0, 0.1) is 5.82 Å². The molecular formula is C29H35FN2O2. The predicted molar refractivity (Wildman–Crippen MR) is 135 cm³/mol. The van der Waals surface area contributed by atoms with Gasteiger partial charge < -0.3 is 4.74 Å². The molecular weight excluding hydrogens is 427 g/mol. The number of carbonyl (C=O) groups is 1. The lowest BCUT2D eigenvalue weighted by Crippen LogP contribution is -2.08. The molecule has 4 nitrogen and oxygen atoms in total. The van der Waals surface area contributed by atoms with Crippen LogP contribution in [-0.2, 0) is 12.8 Å². The fourth-order valence-corrected chi connectivity index (χ4v) is 3.90. The van der Waals surface area contributed by atoms with E-state index in [1.807, 2.05) is 19.3 Å². The summed E-state index contributed by atoms with van der Waals surface area (Å²) in [6.07, 6.45) is 15.3. The highest BCUT2D eigenvalue weighted by atomic mass is 19.1. The molecule has 3 aromatic rings. The van der Waals surface area contributed by atoms with Crippen molar-refractivity contribution in [2.45, 2.75) is 78.1 Å². The molecule has 1 heterocycles. The first kappa shape index (κ1) is 25.5. The summed E-state index contributed by atoms with van der Waals surface area (Å²) < 4.78 is 19.4. The van der Waals surface area contributed by atoms with Gasteiger partial charge in [-0.05, 0) is 48.6 Å². The molecule has 2 aromatic carbocycles. The maximum Gasteiger partial charge on any atom is 0.343 e. The average Bonchev–Trinajstić information content (AvgIpc) is 2.86. The van der Waals surface area contributed by atoms with E-state index in [1.165, 1.54) is 44.6 Å². The van der Waals surface area contributed by atoms with Gasteiger partial charge in [0.1, 0.15) is 11.6 Å². The van der Waals surface area contributed by atoms with Crippen molar-refractivity contribution in [2.75, 3.05) is 0 Å². The zero-order valence-electron chi connectivity index (χ0n) is 20.4. The summed E-state index contributed by atoms with van der Waals surface area (Å²) in [6.45, 7) is 4.23. The second-order valence-corrected chi connectivity index (χ2v) is 8.76. The summed E-state index contributed by atoms with van der Waals surface area (Å²) >= 11 is 0. The number of hydrogen-bond acceptors (Lipinski definition) is 4. The fraction of sp³-hybridized carbons (Fsp3) is 0.414. The Labute approximate surface area is 202 Å². The van der Waals surface area contributed by atoms with Crippen molar-refractivity contribution in [3.05, 3.63) is 77.4 Å². The molecule has 0 N–H and O–H groups in total. The summed E-state index contributed by atoms with van der Waals surface area (Å²) in [5.41, 5.74) is 2.99. The van der Waals surface area contributed by atoms with Gasteiger partial charge >= 0.3 is 5.97 Å². The van der Waals surface area contributed by atoms with Crippen LogP contribution in [-0.4, -0.2) is 15.9 Å². The second-order valence-electron chi connectivity index (χ2n) is 8.76. The summed E-state index contributed by atoms with van der Waals surface area (Å²) in [4.78, 5) is 21.4. The Morgan fingerprint density at radius 3 is 2.15 bits per heavy atom. The van der Waals surface area contributed by atoms with E-state index in [1.54, 1.807) is 36.4 Å². The van der Waals surface area contributed by atoms with Gasteiger partial charge in [-0.25, -0.2) is 19.2 Å². The van der Waals surface area contributed by atoms with E-state index in [9.17, 15) is 9.18 Å². The van der Waals surface area contributed by atoms with Gasteiger partial charge in [0.05, 0.1) is 5.56 Å². The lowest BCUT2D eigenvalue weighted by Gasteiger charge is -2.08. The van der Waals surface area contributed by atoms with Gasteiger partial charge in [0, 0.05) is 24.0 Å². The Morgan fingerprint density at radius 2 is 1.50 bits per heavy atom. The third-order valence-electron chi connectivity index (χ3n) is 5.91. The molecule has 5 heteroatoms. The predicted octanol–water partition coefficient (Wildman–Crippen LogP) is 7.75. The molecule has 0 aliphatic rings. The van der Waals surface area contributed by atoms with Gasteiger partial charge in [-0.2, -0.15) is 0 Å². The van der Waals surface area contributed by atoms with Gasteiger partial charge in [0.25, 0.3) is 0 Å². The molecule has 0 radical (unpaired) electrons. The third kappa shape index (κ3) is 7.75. The third-order valence-corrected chi connectivity index (χ3v) is 5.91. The van der Waals surface area contributed by atoms with Gasteiger partial charge in [-0.15, -0.1) is 0 Å². The molecule has 0 saturated carbocycles. The van der Waals surface area contributed by atoms with E-state index in [-0.39, 0.29) is 11.6 Å². The lowest BCUT2D eigenvalue weighted by molar-refractivity contribution is 0.0734. The zero-order chi connectivity index (χ0) is 24.2. The number of esters is 1. The molecule has 0 aliphatic carbocycles. The molecule has 0 spiro atoms. The number of carbonyl (C=O) groups excluding carboxylic acids is 1. The number of ether oxygens (including phenoxy) is 1. The Morgan fingerprint density at radius 1 is 0.824 bits per heavy atom. The van der Waals surface area contributed by atoms with E-state index in [2.05, 4.69) is 16.9 Å². The fourth-order valence-electron chi connectivity index (χ4n) is 3.90. The second kappa shape index (κ2) is 13.6. The van der Waals surface area contributed by atoms with Crippen molar-refractivity contribution in [1.29, 1.82) is 0 Å². The number of aromatic nitrogens is 2. The van der Waals surface area contributed by atoms with E-state index >= 15 is 0 Å². The average molecular weight is 463 g/mol. The topological polar surface area (TPSA) is 52.1 Å². The van der Waals surface area contributed by atoms with Crippen LogP contribution in [0.1, 0.15) is 86.7 Å². The summed E-state index contributed by atoms with van der Waals surface area (Å²) in [5.74, 6) is -0.0571. The number of aryl methyl sites for hydroxylation is 2. The molecule has 180 valence electrons. The van der Waals surface area contributed by atoms with Crippen LogP contribution >= 0.6 is 0 Å². The van der Waals surface area contributed by atoms with Gasteiger partial charge in [-0.3, -0.25) is 0 Å². The molecule has 0 fully saturated rings. The Bertz CT molecular complexity index is 1030. The molecule has 3 rings (SSSR count). The molecule has 0 amide bonds. The normalized spacial score (nSPS) is 10.9. The van der Waals surface area contributed by atoms with Crippen LogP contribution in [0.3, 0.4) is 0 Å².